The molecule has 1 amide bonds. The van der Waals surface area contributed by atoms with Gasteiger partial charge in [-0.2, -0.15) is 0 Å². The highest BCUT2D eigenvalue weighted by atomic mass is 16.5. The quantitative estimate of drug-likeness (QED) is 0.641. The molecule has 9 nitrogen and oxygen atoms in total. The molecule has 1 aromatic carbocycles. The Morgan fingerprint density at radius 2 is 2.10 bits per heavy atom. The molecule has 9 heteroatoms. The minimum atomic E-state index is -0.278. The molecule has 0 radical (unpaired) electrons. The van der Waals surface area contributed by atoms with Crippen molar-refractivity contribution in [3.63, 3.8) is 0 Å². The third-order valence-corrected chi connectivity index (χ3v) is 5.02. The molecule has 3 heterocycles. The van der Waals surface area contributed by atoms with Gasteiger partial charge in [-0.15, -0.1) is 10.2 Å². The van der Waals surface area contributed by atoms with Crippen LogP contribution >= 0.6 is 0 Å². The minimum Gasteiger partial charge on any atom is -0.497 e. The lowest BCUT2D eigenvalue weighted by Crippen LogP contribution is -2.32. The van der Waals surface area contributed by atoms with Gasteiger partial charge >= 0.3 is 5.56 Å². The standard InChI is InChI=1S/C20H23N5O4/c1-28-15-6-4-14(5-7-15)24-10-11-25-17(22-23-19(25)20(24)27)8-9-18(26)21-13-16-3-2-12-29-16/h4-7,10-11,16H,2-3,8-9,12-13H2,1H3,(H,21,26)/t16-/m0/s1. The van der Waals surface area contributed by atoms with Crippen molar-refractivity contribution in [2.75, 3.05) is 20.3 Å². The summed E-state index contributed by atoms with van der Waals surface area (Å²) in [5.74, 6) is 1.22. The molecule has 0 aliphatic carbocycles. The van der Waals surface area contributed by atoms with Gasteiger partial charge < -0.3 is 14.8 Å². The number of ether oxygens (including phenoxy) is 2. The topological polar surface area (TPSA) is 99.8 Å². The predicted octanol–water partition coefficient (Wildman–Crippen LogP) is 1.12. The Bertz CT molecular complexity index is 1050. The third kappa shape index (κ3) is 4.14. The molecule has 3 aromatic rings. The van der Waals surface area contributed by atoms with E-state index in [4.69, 9.17) is 9.47 Å². The fourth-order valence-electron chi connectivity index (χ4n) is 3.40. The van der Waals surface area contributed by atoms with Crippen molar-refractivity contribution >= 4 is 11.6 Å². The highest BCUT2D eigenvalue weighted by Gasteiger charge is 2.17. The zero-order valence-corrected chi connectivity index (χ0v) is 16.2. The highest BCUT2D eigenvalue weighted by molar-refractivity contribution is 5.76. The van der Waals surface area contributed by atoms with Gasteiger partial charge in [0.1, 0.15) is 11.6 Å². The van der Waals surface area contributed by atoms with Crippen molar-refractivity contribution < 1.29 is 14.3 Å². The second-order valence-electron chi connectivity index (χ2n) is 6.92. The van der Waals surface area contributed by atoms with Crippen LogP contribution in [-0.4, -0.2) is 51.4 Å². The largest absolute Gasteiger partial charge is 0.497 e. The maximum atomic E-state index is 12.8. The van der Waals surface area contributed by atoms with Crippen LogP contribution in [0, 0.1) is 0 Å². The number of carbonyl (C=O) groups is 1. The molecule has 0 unspecified atom stereocenters. The smallest absolute Gasteiger partial charge is 0.300 e. The number of nitrogens with one attached hydrogen (secondary N) is 1. The van der Waals surface area contributed by atoms with Crippen molar-refractivity contribution in [1.29, 1.82) is 0 Å². The summed E-state index contributed by atoms with van der Waals surface area (Å²) in [5.41, 5.74) is 0.647. The molecule has 1 aliphatic rings. The highest BCUT2D eigenvalue weighted by Crippen LogP contribution is 2.14. The first-order valence-electron chi connectivity index (χ1n) is 9.63. The summed E-state index contributed by atoms with van der Waals surface area (Å²) in [5, 5.41) is 11.0. The molecule has 1 saturated heterocycles. The van der Waals surface area contributed by atoms with Gasteiger partial charge in [0.15, 0.2) is 0 Å². The lowest BCUT2D eigenvalue weighted by Gasteiger charge is -2.10. The van der Waals surface area contributed by atoms with Crippen LogP contribution in [-0.2, 0) is 16.0 Å². The number of aromatic nitrogens is 4. The molecule has 29 heavy (non-hydrogen) atoms. The summed E-state index contributed by atoms with van der Waals surface area (Å²) in [6, 6.07) is 7.17. The molecule has 0 bridgehead atoms. The second kappa shape index (κ2) is 8.44. The Balaban J connectivity index is 1.45. The van der Waals surface area contributed by atoms with Crippen LogP contribution in [0.25, 0.3) is 11.3 Å². The van der Waals surface area contributed by atoms with Crippen molar-refractivity contribution in [3.05, 3.63) is 52.8 Å². The Morgan fingerprint density at radius 3 is 2.83 bits per heavy atom. The lowest BCUT2D eigenvalue weighted by atomic mass is 10.2. The molecule has 0 spiro atoms. The van der Waals surface area contributed by atoms with Gasteiger partial charge in [-0.3, -0.25) is 18.6 Å². The van der Waals surface area contributed by atoms with Crippen molar-refractivity contribution in [3.8, 4) is 11.4 Å². The van der Waals surface area contributed by atoms with E-state index in [9.17, 15) is 9.59 Å². The average Bonchev–Trinajstić information content (AvgIpc) is 3.41. The number of rotatable bonds is 7. The van der Waals surface area contributed by atoms with E-state index in [-0.39, 0.29) is 29.6 Å². The Morgan fingerprint density at radius 1 is 1.28 bits per heavy atom. The first-order chi connectivity index (χ1) is 14.2. The summed E-state index contributed by atoms with van der Waals surface area (Å²) >= 11 is 0. The van der Waals surface area contributed by atoms with E-state index >= 15 is 0 Å². The summed E-state index contributed by atoms with van der Waals surface area (Å²) in [7, 11) is 1.59. The Kier molecular flexibility index (Phi) is 5.57. The molecule has 4 rings (SSSR count). The van der Waals surface area contributed by atoms with E-state index in [2.05, 4.69) is 15.5 Å². The van der Waals surface area contributed by atoms with E-state index in [1.165, 1.54) is 4.57 Å². The molecule has 1 aliphatic heterocycles. The number of benzene rings is 1. The summed E-state index contributed by atoms with van der Waals surface area (Å²) in [6.07, 6.45) is 6.21. The van der Waals surface area contributed by atoms with E-state index in [0.29, 0.717) is 30.2 Å². The van der Waals surface area contributed by atoms with Crippen LogP contribution in [0.5, 0.6) is 5.75 Å². The zero-order chi connectivity index (χ0) is 20.2. The van der Waals surface area contributed by atoms with E-state index in [1.54, 1.807) is 48.2 Å². The number of aryl methyl sites for hydroxylation is 1. The fraction of sp³-hybridized carbons (Fsp3) is 0.400. The number of hydrogen-bond acceptors (Lipinski definition) is 6. The van der Waals surface area contributed by atoms with Crippen LogP contribution in [0.4, 0.5) is 0 Å². The lowest BCUT2D eigenvalue weighted by molar-refractivity contribution is -0.121. The minimum absolute atomic E-state index is 0.0659. The average molecular weight is 397 g/mol. The van der Waals surface area contributed by atoms with Gasteiger partial charge in [0, 0.05) is 44.1 Å². The molecule has 1 fully saturated rings. The molecular formula is C20H23N5O4. The molecule has 0 saturated carbocycles. The Hall–Kier alpha value is -3.20. The molecule has 2 aromatic heterocycles. The van der Waals surface area contributed by atoms with Gasteiger partial charge in [0.2, 0.25) is 11.6 Å². The van der Waals surface area contributed by atoms with Crippen molar-refractivity contribution in [1.82, 2.24) is 24.5 Å². The number of carbonyl (C=O) groups excluding carboxylic acids is 1. The number of fused-ring (bicyclic) bond motifs is 1. The zero-order valence-electron chi connectivity index (χ0n) is 16.2. The van der Waals surface area contributed by atoms with Crippen molar-refractivity contribution in [2.24, 2.45) is 0 Å². The summed E-state index contributed by atoms with van der Waals surface area (Å²) < 4.78 is 13.8. The maximum absolute atomic E-state index is 12.8. The summed E-state index contributed by atoms with van der Waals surface area (Å²) in [4.78, 5) is 24.9. The van der Waals surface area contributed by atoms with Gasteiger partial charge in [0.05, 0.1) is 13.2 Å². The van der Waals surface area contributed by atoms with Crippen LogP contribution in [0.2, 0.25) is 0 Å². The van der Waals surface area contributed by atoms with E-state index in [1.807, 2.05) is 0 Å². The normalized spacial score (nSPS) is 16.2. The predicted molar refractivity (Wildman–Crippen MR) is 105 cm³/mol. The van der Waals surface area contributed by atoms with E-state index < -0.39 is 0 Å². The van der Waals surface area contributed by atoms with Gasteiger partial charge in [-0.05, 0) is 37.1 Å². The van der Waals surface area contributed by atoms with Crippen molar-refractivity contribution in [2.45, 2.75) is 31.8 Å². The first-order valence-corrected chi connectivity index (χ1v) is 9.63. The molecule has 1 atom stereocenters. The third-order valence-electron chi connectivity index (χ3n) is 5.02. The van der Waals surface area contributed by atoms with Gasteiger partial charge in [0.25, 0.3) is 0 Å². The number of methoxy groups -OCH3 is 1. The number of nitrogens with zero attached hydrogens (tertiary/aromatic N) is 4. The Labute approximate surface area is 167 Å². The number of amides is 1. The number of hydrogen-bond donors (Lipinski definition) is 1. The summed E-state index contributed by atoms with van der Waals surface area (Å²) in [6.45, 7) is 1.30. The van der Waals surface area contributed by atoms with Gasteiger partial charge in [-0.1, -0.05) is 0 Å². The molecule has 1 N–H and O–H groups in total. The second-order valence-corrected chi connectivity index (χ2v) is 6.92. The van der Waals surface area contributed by atoms with Crippen LogP contribution in [0.1, 0.15) is 25.1 Å². The molecule has 152 valence electrons. The van der Waals surface area contributed by atoms with Crippen LogP contribution in [0.3, 0.4) is 0 Å². The van der Waals surface area contributed by atoms with Crippen LogP contribution in [0.15, 0.2) is 41.5 Å². The van der Waals surface area contributed by atoms with Gasteiger partial charge in [-0.25, -0.2) is 0 Å². The fourth-order valence-corrected chi connectivity index (χ4v) is 3.40. The SMILES string of the molecule is COc1ccc(-n2ccn3c(CCC(=O)NC[C@@H]4CCCO4)nnc3c2=O)cc1. The monoisotopic (exact) mass is 397 g/mol. The van der Waals surface area contributed by atoms with Crippen LogP contribution < -0.4 is 15.6 Å². The van der Waals surface area contributed by atoms with E-state index in [0.717, 1.165) is 19.4 Å². The maximum Gasteiger partial charge on any atom is 0.300 e. The molecular weight excluding hydrogens is 374 g/mol. The first kappa shape index (κ1) is 19.1.